The van der Waals surface area contributed by atoms with Crippen LogP contribution in [-0.2, 0) is 21.9 Å². The second-order valence-corrected chi connectivity index (χ2v) is 6.59. The highest BCUT2D eigenvalue weighted by atomic mass is 19.4. The van der Waals surface area contributed by atoms with Gasteiger partial charge in [-0.2, -0.15) is 26.3 Å². The molecule has 1 aromatic heterocycles. The lowest BCUT2D eigenvalue weighted by molar-refractivity contribution is -0.145. The number of rotatable bonds is 3. The third kappa shape index (κ3) is 4.70. The summed E-state index contributed by atoms with van der Waals surface area (Å²) >= 11 is 0. The van der Waals surface area contributed by atoms with Crippen LogP contribution in [0.3, 0.4) is 0 Å². The Kier molecular flexibility index (Phi) is 5.54. The van der Waals surface area contributed by atoms with E-state index in [1.54, 1.807) is 0 Å². The summed E-state index contributed by atoms with van der Waals surface area (Å²) in [6.45, 7) is 0. The van der Waals surface area contributed by atoms with Crippen molar-refractivity contribution < 1.29 is 40.3 Å². The van der Waals surface area contributed by atoms with Crippen LogP contribution < -0.4 is 15.3 Å². The first kappa shape index (κ1) is 22.3. The monoisotopic (exact) mass is 450 g/mol. The number of benzene rings is 1. The number of nitrogens with one attached hydrogen (secondary N) is 1. The minimum Gasteiger partial charge on any atom is -0.314 e. The molecule has 1 N–H and O–H groups in total. The number of carbonyl (C=O) groups excluding carboxylic acids is 2. The number of hydrazine groups is 1. The first-order valence-electron chi connectivity index (χ1n) is 8.55. The number of nitrogens with zero attached hydrogens (tertiary/aromatic N) is 3. The quantitative estimate of drug-likeness (QED) is 0.727. The van der Waals surface area contributed by atoms with Crippen LogP contribution >= 0.6 is 0 Å². The number of carbonyl (C=O) groups is 2. The normalized spacial score (nSPS) is 17.0. The van der Waals surface area contributed by atoms with Gasteiger partial charge < -0.3 is 4.90 Å². The Hall–Kier alpha value is -3.38. The summed E-state index contributed by atoms with van der Waals surface area (Å²) in [6, 6.07) is 3.25. The van der Waals surface area contributed by atoms with E-state index in [0.29, 0.717) is 11.1 Å². The molecule has 6 nitrogen and oxygen atoms in total. The molecule has 13 heteroatoms. The number of aromatic nitrogens is 1. The van der Waals surface area contributed by atoms with Crippen molar-refractivity contribution in [2.75, 3.05) is 17.0 Å². The molecule has 1 saturated heterocycles. The van der Waals surface area contributed by atoms with Gasteiger partial charge in [-0.15, -0.1) is 0 Å². The zero-order chi connectivity index (χ0) is 23.1. The summed E-state index contributed by atoms with van der Waals surface area (Å²) in [5, 5.41) is 0.565. The van der Waals surface area contributed by atoms with Crippen LogP contribution in [0, 0.1) is 5.82 Å². The Morgan fingerprint density at radius 1 is 1.10 bits per heavy atom. The lowest BCUT2D eigenvalue weighted by Crippen LogP contribution is -2.48. The lowest BCUT2D eigenvalue weighted by Gasteiger charge is -2.28. The van der Waals surface area contributed by atoms with Gasteiger partial charge in [0.25, 0.3) is 5.91 Å². The lowest BCUT2D eigenvalue weighted by atomic mass is 10.1. The van der Waals surface area contributed by atoms with E-state index in [1.807, 2.05) is 0 Å². The molecule has 2 aromatic rings. The number of halogens is 7. The molecule has 31 heavy (non-hydrogen) atoms. The van der Waals surface area contributed by atoms with Crippen LogP contribution in [0.5, 0.6) is 0 Å². The first-order valence-corrected chi connectivity index (χ1v) is 8.55. The predicted molar refractivity (Wildman–Crippen MR) is 93.1 cm³/mol. The van der Waals surface area contributed by atoms with Gasteiger partial charge in [0, 0.05) is 12.7 Å². The van der Waals surface area contributed by atoms with E-state index in [1.165, 1.54) is 19.2 Å². The largest absolute Gasteiger partial charge is 0.433 e. The summed E-state index contributed by atoms with van der Waals surface area (Å²) < 4.78 is 91.8. The number of amides is 2. The van der Waals surface area contributed by atoms with E-state index in [-0.39, 0.29) is 11.8 Å². The molecule has 1 fully saturated rings. The fraction of sp³-hybridized carbons (Fsp3) is 0.278. The molecule has 0 aliphatic carbocycles. The standard InChI is InChI=1S/C18H13F7N4O2/c1-28(11-4-2-10(19)3-5-11)16(31)12-8-15(30)27-29(12)14-7-9(17(20,21)22)6-13(26-14)18(23,24)25/h2-7,12H,8H2,1H3,(H,27,30). The highest BCUT2D eigenvalue weighted by Crippen LogP contribution is 2.37. The topological polar surface area (TPSA) is 65.5 Å². The van der Waals surface area contributed by atoms with E-state index < -0.39 is 59.5 Å². The van der Waals surface area contributed by atoms with Crippen LogP contribution in [0.25, 0.3) is 0 Å². The number of pyridine rings is 1. The maximum Gasteiger partial charge on any atom is 0.433 e. The first-order chi connectivity index (χ1) is 14.3. The number of anilines is 2. The summed E-state index contributed by atoms with van der Waals surface area (Å²) in [4.78, 5) is 28.9. The summed E-state index contributed by atoms with van der Waals surface area (Å²) in [5.74, 6) is -3.13. The van der Waals surface area contributed by atoms with Crippen molar-refractivity contribution in [1.29, 1.82) is 0 Å². The molecular weight excluding hydrogens is 437 g/mol. The minimum absolute atomic E-state index is 0.164. The predicted octanol–water partition coefficient (Wildman–Crippen LogP) is 3.53. The number of alkyl halides is 6. The Labute approximate surface area is 170 Å². The van der Waals surface area contributed by atoms with E-state index in [9.17, 15) is 40.3 Å². The van der Waals surface area contributed by atoms with Crippen molar-refractivity contribution in [3.8, 4) is 0 Å². The molecule has 2 amide bonds. The fourth-order valence-electron chi connectivity index (χ4n) is 2.90. The molecule has 1 aliphatic heterocycles. The molecule has 2 heterocycles. The summed E-state index contributed by atoms with van der Waals surface area (Å²) in [7, 11) is 1.26. The van der Waals surface area contributed by atoms with Gasteiger partial charge in [-0.3, -0.25) is 20.0 Å². The van der Waals surface area contributed by atoms with Crippen LogP contribution in [0.4, 0.5) is 42.2 Å². The fourth-order valence-corrected chi connectivity index (χ4v) is 2.90. The Morgan fingerprint density at radius 3 is 2.26 bits per heavy atom. The van der Waals surface area contributed by atoms with E-state index in [0.717, 1.165) is 17.0 Å². The molecular formula is C18H13F7N4O2. The maximum absolute atomic E-state index is 13.1. The molecule has 0 bridgehead atoms. The van der Waals surface area contributed by atoms with Gasteiger partial charge in [-0.25, -0.2) is 9.37 Å². The Morgan fingerprint density at radius 2 is 1.71 bits per heavy atom. The second-order valence-electron chi connectivity index (χ2n) is 6.59. The van der Waals surface area contributed by atoms with Crippen molar-refractivity contribution in [1.82, 2.24) is 10.4 Å². The van der Waals surface area contributed by atoms with Crippen LogP contribution in [0.1, 0.15) is 17.7 Å². The van der Waals surface area contributed by atoms with Crippen LogP contribution in [0.15, 0.2) is 36.4 Å². The molecule has 1 aliphatic rings. The van der Waals surface area contributed by atoms with Gasteiger partial charge in [0.15, 0.2) is 0 Å². The number of hydrogen-bond donors (Lipinski definition) is 1. The molecule has 166 valence electrons. The van der Waals surface area contributed by atoms with Gasteiger partial charge >= 0.3 is 12.4 Å². The third-order valence-corrected chi connectivity index (χ3v) is 4.44. The van der Waals surface area contributed by atoms with E-state index in [2.05, 4.69) is 10.4 Å². The summed E-state index contributed by atoms with van der Waals surface area (Å²) in [6.07, 6.45) is -10.9. The van der Waals surface area contributed by atoms with Crippen LogP contribution in [0.2, 0.25) is 0 Å². The minimum atomic E-state index is -5.20. The van der Waals surface area contributed by atoms with Gasteiger partial charge in [0.2, 0.25) is 5.91 Å². The van der Waals surface area contributed by atoms with Gasteiger partial charge in [-0.1, -0.05) is 0 Å². The van der Waals surface area contributed by atoms with Crippen molar-refractivity contribution in [2.45, 2.75) is 24.8 Å². The Bertz CT molecular complexity index is 973. The van der Waals surface area contributed by atoms with Crippen molar-refractivity contribution >= 4 is 23.3 Å². The SMILES string of the molecule is CN(C(=O)C1CC(=O)NN1c1cc(C(F)(F)F)cc(C(F)(F)F)n1)c1ccc(F)cc1. The van der Waals surface area contributed by atoms with Crippen molar-refractivity contribution in [3.63, 3.8) is 0 Å². The average molecular weight is 450 g/mol. The van der Waals surface area contributed by atoms with Crippen molar-refractivity contribution in [2.24, 2.45) is 0 Å². The molecule has 1 unspecified atom stereocenters. The third-order valence-electron chi connectivity index (χ3n) is 4.44. The highest BCUT2D eigenvalue weighted by molar-refractivity contribution is 6.03. The second kappa shape index (κ2) is 7.71. The Balaban J connectivity index is 2.01. The zero-order valence-corrected chi connectivity index (χ0v) is 15.6. The van der Waals surface area contributed by atoms with Gasteiger partial charge in [-0.05, 0) is 36.4 Å². The van der Waals surface area contributed by atoms with Gasteiger partial charge in [0.05, 0.1) is 12.0 Å². The highest BCUT2D eigenvalue weighted by Gasteiger charge is 2.43. The van der Waals surface area contributed by atoms with Crippen molar-refractivity contribution in [3.05, 3.63) is 53.5 Å². The van der Waals surface area contributed by atoms with Crippen LogP contribution in [-0.4, -0.2) is 29.9 Å². The maximum atomic E-state index is 13.1. The molecule has 1 atom stereocenters. The molecule has 0 spiro atoms. The molecule has 3 rings (SSSR count). The molecule has 0 saturated carbocycles. The average Bonchev–Trinajstić information content (AvgIpc) is 3.07. The zero-order valence-electron chi connectivity index (χ0n) is 15.6. The van der Waals surface area contributed by atoms with E-state index >= 15 is 0 Å². The number of likely N-dealkylation sites (N-methyl/N-ethyl adjacent to an activating group) is 1. The number of hydrogen-bond acceptors (Lipinski definition) is 4. The molecule has 0 radical (unpaired) electrons. The molecule has 1 aromatic carbocycles. The summed E-state index contributed by atoms with van der Waals surface area (Å²) in [5.41, 5.74) is -1.23. The van der Waals surface area contributed by atoms with Gasteiger partial charge in [0.1, 0.15) is 23.4 Å². The van der Waals surface area contributed by atoms with E-state index in [4.69, 9.17) is 0 Å². The smallest absolute Gasteiger partial charge is 0.314 e.